The molecular weight excluding hydrogens is 290 g/mol. The largest absolute Gasteiger partial charge is 0.337 e. The van der Waals surface area contributed by atoms with Crippen molar-refractivity contribution in [2.45, 2.75) is 26.8 Å². The average Bonchev–Trinajstić information content (AvgIpc) is 3.10. The van der Waals surface area contributed by atoms with Gasteiger partial charge in [0.05, 0.1) is 11.2 Å². The number of hydrogen-bond acceptors (Lipinski definition) is 5. The van der Waals surface area contributed by atoms with Gasteiger partial charge >= 0.3 is 0 Å². The van der Waals surface area contributed by atoms with Gasteiger partial charge in [-0.1, -0.05) is 6.92 Å². The molecule has 0 spiro atoms. The highest BCUT2D eigenvalue weighted by molar-refractivity contribution is 5.89. The lowest BCUT2D eigenvalue weighted by Crippen LogP contribution is -1.98. The van der Waals surface area contributed by atoms with Crippen LogP contribution in [0, 0.1) is 6.92 Å². The first-order chi connectivity index (χ1) is 11.3. The van der Waals surface area contributed by atoms with Gasteiger partial charge in [0.2, 0.25) is 0 Å². The van der Waals surface area contributed by atoms with E-state index in [1.807, 2.05) is 13.0 Å². The van der Waals surface area contributed by atoms with Crippen molar-refractivity contribution in [3.8, 4) is 0 Å². The smallest absolute Gasteiger partial charge is 0.180 e. The number of hydrogen-bond donors (Lipinski definition) is 2. The average molecular weight is 307 g/mol. The predicted octanol–water partition coefficient (Wildman–Crippen LogP) is 3.16. The van der Waals surface area contributed by atoms with Gasteiger partial charge in [-0.2, -0.15) is 10.2 Å². The molecule has 0 saturated carbocycles. The van der Waals surface area contributed by atoms with Crippen LogP contribution >= 0.6 is 0 Å². The Labute approximate surface area is 132 Å². The van der Waals surface area contributed by atoms with Crippen molar-refractivity contribution in [2.75, 3.05) is 5.32 Å². The molecule has 0 fully saturated rings. The first-order valence-electron chi connectivity index (χ1n) is 7.65. The maximum Gasteiger partial charge on any atom is 0.180 e. The van der Waals surface area contributed by atoms with Crippen molar-refractivity contribution < 1.29 is 0 Å². The van der Waals surface area contributed by atoms with Gasteiger partial charge in [-0.3, -0.25) is 9.78 Å². The molecule has 0 aliphatic heterocycles. The van der Waals surface area contributed by atoms with Crippen molar-refractivity contribution in [2.24, 2.45) is 0 Å². The fraction of sp³-hybridized carbons (Fsp3) is 0.250. The Hall–Kier alpha value is -2.96. The summed E-state index contributed by atoms with van der Waals surface area (Å²) in [6.07, 6.45) is 4.36. The molecular formula is C16H17N7. The lowest BCUT2D eigenvalue weighted by molar-refractivity contribution is 0.617. The van der Waals surface area contributed by atoms with Crippen LogP contribution in [0.5, 0.6) is 0 Å². The van der Waals surface area contributed by atoms with Crippen LogP contribution in [0.1, 0.15) is 19.0 Å². The molecule has 0 aliphatic rings. The number of H-pyrrole nitrogens is 1. The lowest BCUT2D eigenvalue weighted by atomic mass is 10.2. The monoisotopic (exact) mass is 307 g/mol. The Balaban J connectivity index is 1.73. The first-order valence-corrected chi connectivity index (χ1v) is 7.65. The number of nitrogens with one attached hydrogen (secondary N) is 2. The summed E-state index contributed by atoms with van der Waals surface area (Å²) in [4.78, 5) is 8.51. The van der Waals surface area contributed by atoms with Crippen LogP contribution in [0.3, 0.4) is 0 Å². The van der Waals surface area contributed by atoms with Crippen LogP contribution < -0.4 is 5.32 Å². The molecule has 116 valence electrons. The van der Waals surface area contributed by atoms with Gasteiger partial charge in [0.15, 0.2) is 17.0 Å². The highest BCUT2D eigenvalue weighted by Crippen LogP contribution is 2.26. The van der Waals surface area contributed by atoms with Crippen LogP contribution in [0.4, 0.5) is 11.5 Å². The van der Waals surface area contributed by atoms with E-state index in [9.17, 15) is 0 Å². The molecule has 7 heteroatoms. The molecule has 0 atom stereocenters. The van der Waals surface area contributed by atoms with Crippen molar-refractivity contribution in [3.63, 3.8) is 0 Å². The zero-order valence-electron chi connectivity index (χ0n) is 13.0. The van der Waals surface area contributed by atoms with Crippen LogP contribution in [0.15, 0.2) is 30.6 Å². The van der Waals surface area contributed by atoms with E-state index in [1.54, 1.807) is 12.4 Å². The van der Waals surface area contributed by atoms with Gasteiger partial charge in [0, 0.05) is 30.0 Å². The van der Waals surface area contributed by atoms with E-state index in [0.717, 1.165) is 40.8 Å². The normalized spacial score (nSPS) is 11.4. The number of anilines is 2. The molecule has 0 bridgehead atoms. The molecule has 4 rings (SSSR count). The minimum atomic E-state index is 0.669. The van der Waals surface area contributed by atoms with Gasteiger partial charge in [-0.25, -0.2) is 9.97 Å². The van der Waals surface area contributed by atoms with Crippen molar-refractivity contribution in [1.29, 1.82) is 0 Å². The highest BCUT2D eigenvalue weighted by atomic mass is 15.3. The topological polar surface area (TPSA) is 84.3 Å². The number of benzene rings is 1. The van der Waals surface area contributed by atoms with Crippen molar-refractivity contribution in [1.82, 2.24) is 29.9 Å². The summed E-state index contributed by atoms with van der Waals surface area (Å²) < 4.78 is 2.06. The number of aromatic amines is 1. The van der Waals surface area contributed by atoms with E-state index in [2.05, 4.69) is 54.3 Å². The number of fused-ring (bicyclic) bond motifs is 2. The molecule has 0 amide bonds. The Morgan fingerprint density at radius 3 is 2.96 bits per heavy atom. The third-order valence-electron chi connectivity index (χ3n) is 3.83. The third kappa shape index (κ3) is 2.30. The van der Waals surface area contributed by atoms with Crippen LogP contribution in [0.25, 0.3) is 22.1 Å². The van der Waals surface area contributed by atoms with Gasteiger partial charge in [-0.05, 0) is 31.5 Å². The molecule has 23 heavy (non-hydrogen) atoms. The second-order valence-electron chi connectivity index (χ2n) is 5.49. The minimum absolute atomic E-state index is 0.669. The van der Waals surface area contributed by atoms with Gasteiger partial charge in [-0.15, -0.1) is 0 Å². The summed E-state index contributed by atoms with van der Waals surface area (Å²) in [5, 5.41) is 16.2. The third-order valence-corrected chi connectivity index (χ3v) is 3.83. The zero-order valence-corrected chi connectivity index (χ0v) is 13.0. The minimum Gasteiger partial charge on any atom is -0.337 e. The molecule has 0 unspecified atom stereocenters. The zero-order chi connectivity index (χ0) is 15.8. The fourth-order valence-corrected chi connectivity index (χ4v) is 2.78. The van der Waals surface area contributed by atoms with E-state index >= 15 is 0 Å². The van der Waals surface area contributed by atoms with E-state index < -0.39 is 0 Å². The number of rotatable bonds is 4. The van der Waals surface area contributed by atoms with Crippen LogP contribution in [-0.4, -0.2) is 29.9 Å². The number of aryl methyl sites for hydroxylation is 2. The molecule has 7 nitrogen and oxygen atoms in total. The molecule has 1 aromatic carbocycles. The summed E-state index contributed by atoms with van der Waals surface area (Å²) in [6.45, 7) is 5.12. The second kappa shape index (κ2) is 5.35. The van der Waals surface area contributed by atoms with Crippen molar-refractivity contribution >= 4 is 33.6 Å². The summed E-state index contributed by atoms with van der Waals surface area (Å²) in [5.74, 6) is 0.672. The standard InChI is InChI=1S/C16H17N7/c1-3-8-23-13-5-4-11(9-12(13)10(2)22-23)19-16-14-15(20-21-16)18-7-6-17-14/h4-7,9H,3,8H2,1-2H3,(H2,18,19,20,21). The van der Waals surface area contributed by atoms with Gasteiger partial charge in [0.25, 0.3) is 0 Å². The Morgan fingerprint density at radius 1 is 1.22 bits per heavy atom. The summed E-state index contributed by atoms with van der Waals surface area (Å²) in [7, 11) is 0. The summed E-state index contributed by atoms with van der Waals surface area (Å²) >= 11 is 0. The maximum absolute atomic E-state index is 4.61. The van der Waals surface area contributed by atoms with Gasteiger partial charge < -0.3 is 5.32 Å². The van der Waals surface area contributed by atoms with E-state index in [-0.39, 0.29) is 0 Å². The molecule has 0 saturated heterocycles. The van der Waals surface area contributed by atoms with E-state index in [1.165, 1.54) is 0 Å². The molecule has 0 radical (unpaired) electrons. The van der Waals surface area contributed by atoms with E-state index in [4.69, 9.17) is 0 Å². The SMILES string of the molecule is CCCn1nc(C)c2cc(Nc3n[nH]c4nccnc34)ccc21. The fourth-order valence-electron chi connectivity index (χ4n) is 2.78. The molecule has 3 heterocycles. The predicted molar refractivity (Wildman–Crippen MR) is 89.7 cm³/mol. The van der Waals surface area contributed by atoms with Crippen LogP contribution in [0.2, 0.25) is 0 Å². The molecule has 4 aromatic rings. The van der Waals surface area contributed by atoms with E-state index in [0.29, 0.717) is 11.5 Å². The first kappa shape index (κ1) is 13.7. The molecule has 3 aromatic heterocycles. The Morgan fingerprint density at radius 2 is 2.09 bits per heavy atom. The number of aromatic nitrogens is 6. The van der Waals surface area contributed by atoms with Crippen LogP contribution in [-0.2, 0) is 6.54 Å². The highest BCUT2D eigenvalue weighted by Gasteiger charge is 2.10. The summed E-state index contributed by atoms with van der Waals surface area (Å²) in [6, 6.07) is 6.22. The molecule has 0 aliphatic carbocycles. The Kier molecular flexibility index (Phi) is 3.18. The maximum atomic E-state index is 4.61. The van der Waals surface area contributed by atoms with Gasteiger partial charge in [0.1, 0.15) is 0 Å². The Bertz CT molecular complexity index is 983. The molecule has 2 N–H and O–H groups in total. The van der Waals surface area contributed by atoms with Crippen molar-refractivity contribution in [3.05, 3.63) is 36.3 Å². The lowest BCUT2D eigenvalue weighted by Gasteiger charge is -2.05. The quantitative estimate of drug-likeness (QED) is 0.605. The second-order valence-corrected chi connectivity index (χ2v) is 5.49. The summed E-state index contributed by atoms with van der Waals surface area (Å²) in [5.41, 5.74) is 4.54. The number of nitrogens with zero attached hydrogens (tertiary/aromatic N) is 5.